The summed E-state index contributed by atoms with van der Waals surface area (Å²) in [6.07, 6.45) is -5.03. The Kier molecular flexibility index (Phi) is 5.62. The van der Waals surface area contributed by atoms with Gasteiger partial charge in [-0.2, -0.15) is 0 Å². The summed E-state index contributed by atoms with van der Waals surface area (Å²) in [5, 5.41) is 9.67. The molecule has 6 heteroatoms. The molecule has 1 rings (SSSR count). The minimum Gasteiger partial charge on any atom is -0.406 e. The van der Waals surface area contributed by atoms with Gasteiger partial charge in [-0.05, 0) is 31.5 Å². The Labute approximate surface area is 110 Å². The van der Waals surface area contributed by atoms with Crippen LogP contribution in [0.3, 0.4) is 0 Å². The Bertz CT molecular complexity index is 374. The van der Waals surface area contributed by atoms with E-state index < -0.39 is 12.5 Å². The predicted molar refractivity (Wildman–Crippen MR) is 63.9 cm³/mol. The van der Waals surface area contributed by atoms with Crippen molar-refractivity contribution in [3.8, 4) is 5.75 Å². The van der Waals surface area contributed by atoms with E-state index in [1.54, 1.807) is 0 Å². The van der Waals surface area contributed by atoms with Gasteiger partial charge in [0.15, 0.2) is 0 Å². The monoisotopic (exact) mass is 278 g/mol. The lowest BCUT2D eigenvalue weighted by Crippen LogP contribution is -2.20. The van der Waals surface area contributed by atoms with Crippen molar-refractivity contribution < 1.29 is 27.8 Å². The fourth-order valence-corrected chi connectivity index (χ4v) is 1.46. The Hall–Kier alpha value is -1.27. The maximum absolute atomic E-state index is 11.9. The van der Waals surface area contributed by atoms with E-state index in [9.17, 15) is 18.3 Å². The van der Waals surface area contributed by atoms with Crippen molar-refractivity contribution in [2.45, 2.75) is 38.8 Å². The van der Waals surface area contributed by atoms with Crippen LogP contribution in [0.4, 0.5) is 13.2 Å². The normalized spacial score (nSPS) is 13.6. The first kappa shape index (κ1) is 15.8. The number of ether oxygens (including phenoxy) is 2. The van der Waals surface area contributed by atoms with Gasteiger partial charge in [-0.15, -0.1) is 13.2 Å². The molecule has 0 bridgehead atoms. The first-order valence-corrected chi connectivity index (χ1v) is 5.90. The average Bonchev–Trinajstić information content (AvgIpc) is 2.27. The summed E-state index contributed by atoms with van der Waals surface area (Å²) in [5.41, 5.74) is 0.717. The van der Waals surface area contributed by atoms with Crippen LogP contribution in [0, 0.1) is 0 Å². The molecule has 1 aromatic rings. The van der Waals surface area contributed by atoms with Crippen LogP contribution in [0.2, 0.25) is 0 Å². The van der Waals surface area contributed by atoms with E-state index in [-0.39, 0.29) is 18.5 Å². The van der Waals surface area contributed by atoms with Crippen LogP contribution in [0.5, 0.6) is 5.75 Å². The number of hydrogen-bond acceptors (Lipinski definition) is 3. The molecule has 108 valence electrons. The molecule has 0 saturated heterocycles. The topological polar surface area (TPSA) is 38.7 Å². The second-order valence-electron chi connectivity index (χ2n) is 4.43. The summed E-state index contributed by atoms with van der Waals surface area (Å²) in [4.78, 5) is 0. The van der Waals surface area contributed by atoms with Crippen molar-refractivity contribution in [1.29, 1.82) is 0 Å². The van der Waals surface area contributed by atoms with Gasteiger partial charge in [-0.1, -0.05) is 12.1 Å². The molecule has 0 aliphatic carbocycles. The molecule has 3 nitrogen and oxygen atoms in total. The number of benzene rings is 1. The van der Waals surface area contributed by atoms with Gasteiger partial charge in [-0.25, -0.2) is 0 Å². The van der Waals surface area contributed by atoms with Crippen LogP contribution >= 0.6 is 0 Å². The van der Waals surface area contributed by atoms with Crippen LogP contribution in [-0.2, 0) is 11.2 Å². The molecular formula is C13H17F3O3. The van der Waals surface area contributed by atoms with Crippen molar-refractivity contribution in [2.24, 2.45) is 0 Å². The lowest BCUT2D eigenvalue weighted by molar-refractivity contribution is -0.274. The third kappa shape index (κ3) is 7.03. The van der Waals surface area contributed by atoms with Crippen LogP contribution in [0.1, 0.15) is 19.4 Å². The van der Waals surface area contributed by atoms with E-state index in [0.717, 1.165) is 5.56 Å². The lowest BCUT2D eigenvalue weighted by Gasteiger charge is -2.14. The van der Waals surface area contributed by atoms with E-state index in [0.29, 0.717) is 6.42 Å². The van der Waals surface area contributed by atoms with Gasteiger partial charge >= 0.3 is 6.36 Å². The molecule has 0 saturated carbocycles. The third-order valence-electron chi connectivity index (χ3n) is 2.25. The maximum Gasteiger partial charge on any atom is 0.573 e. The van der Waals surface area contributed by atoms with Crippen LogP contribution < -0.4 is 4.74 Å². The number of aliphatic hydroxyl groups is 1. The number of rotatable bonds is 6. The molecule has 0 aromatic heterocycles. The molecule has 0 amide bonds. The highest BCUT2D eigenvalue weighted by atomic mass is 19.4. The molecule has 0 heterocycles. The molecule has 0 radical (unpaired) electrons. The quantitative estimate of drug-likeness (QED) is 0.869. The molecule has 0 aliphatic heterocycles. The fourth-order valence-electron chi connectivity index (χ4n) is 1.46. The van der Waals surface area contributed by atoms with E-state index in [2.05, 4.69) is 4.74 Å². The Morgan fingerprint density at radius 3 is 2.21 bits per heavy atom. The second-order valence-corrected chi connectivity index (χ2v) is 4.43. The van der Waals surface area contributed by atoms with Crippen molar-refractivity contribution in [1.82, 2.24) is 0 Å². The largest absolute Gasteiger partial charge is 0.573 e. The average molecular weight is 278 g/mol. The summed E-state index contributed by atoms with van der Waals surface area (Å²) < 4.78 is 44.8. The summed E-state index contributed by atoms with van der Waals surface area (Å²) in [6.45, 7) is 3.91. The third-order valence-corrected chi connectivity index (χ3v) is 2.25. The van der Waals surface area contributed by atoms with Gasteiger partial charge in [0, 0.05) is 6.42 Å². The summed E-state index contributed by atoms with van der Waals surface area (Å²) in [7, 11) is 0. The minimum absolute atomic E-state index is 0.0252. The zero-order chi connectivity index (χ0) is 14.5. The number of alkyl halides is 3. The highest BCUT2D eigenvalue weighted by molar-refractivity contribution is 5.27. The van der Waals surface area contributed by atoms with Gasteiger partial charge in [0.1, 0.15) is 5.75 Å². The molecule has 1 aromatic carbocycles. The van der Waals surface area contributed by atoms with Crippen molar-refractivity contribution in [3.05, 3.63) is 29.8 Å². The molecule has 0 fully saturated rings. The molecule has 0 aliphatic rings. The van der Waals surface area contributed by atoms with E-state index in [1.165, 1.54) is 24.3 Å². The van der Waals surface area contributed by atoms with Crippen molar-refractivity contribution in [3.63, 3.8) is 0 Å². The molecule has 1 atom stereocenters. The van der Waals surface area contributed by atoms with Gasteiger partial charge in [0.05, 0.1) is 18.8 Å². The molecule has 0 spiro atoms. The predicted octanol–water partition coefficient (Wildman–Crippen LogP) is 2.91. The number of halogens is 3. The fraction of sp³-hybridized carbons (Fsp3) is 0.538. The number of aliphatic hydroxyl groups excluding tert-OH is 1. The second kappa shape index (κ2) is 6.77. The molecular weight excluding hydrogens is 261 g/mol. The van der Waals surface area contributed by atoms with Gasteiger partial charge in [0.25, 0.3) is 0 Å². The number of hydrogen-bond donors (Lipinski definition) is 1. The zero-order valence-corrected chi connectivity index (χ0v) is 10.8. The summed E-state index contributed by atoms with van der Waals surface area (Å²) >= 11 is 0. The van der Waals surface area contributed by atoms with Crippen molar-refractivity contribution >= 4 is 0 Å². The standard InChI is InChI=1S/C13H17F3O3/c1-9(2)18-8-11(17)7-10-3-5-12(6-4-10)19-13(14,15)16/h3-6,9,11,17H,7-8H2,1-2H3. The van der Waals surface area contributed by atoms with Gasteiger partial charge < -0.3 is 14.6 Å². The highest BCUT2D eigenvalue weighted by Crippen LogP contribution is 2.23. The lowest BCUT2D eigenvalue weighted by atomic mass is 10.1. The van der Waals surface area contributed by atoms with Crippen molar-refractivity contribution in [2.75, 3.05) is 6.61 Å². The highest BCUT2D eigenvalue weighted by Gasteiger charge is 2.30. The Morgan fingerprint density at radius 1 is 1.16 bits per heavy atom. The van der Waals surface area contributed by atoms with Crippen LogP contribution in [-0.4, -0.2) is 30.3 Å². The van der Waals surface area contributed by atoms with Crippen LogP contribution in [0.15, 0.2) is 24.3 Å². The van der Waals surface area contributed by atoms with Gasteiger partial charge in [0.2, 0.25) is 0 Å². The summed E-state index contributed by atoms with van der Waals surface area (Å²) in [6, 6.07) is 5.41. The summed E-state index contributed by atoms with van der Waals surface area (Å²) in [5.74, 6) is -0.274. The van der Waals surface area contributed by atoms with Crippen LogP contribution in [0.25, 0.3) is 0 Å². The maximum atomic E-state index is 11.9. The Morgan fingerprint density at radius 2 is 1.74 bits per heavy atom. The van der Waals surface area contributed by atoms with E-state index >= 15 is 0 Å². The van der Waals surface area contributed by atoms with E-state index in [1.807, 2.05) is 13.8 Å². The SMILES string of the molecule is CC(C)OCC(O)Cc1ccc(OC(F)(F)F)cc1. The Balaban J connectivity index is 2.48. The molecule has 1 unspecified atom stereocenters. The molecule has 1 N–H and O–H groups in total. The smallest absolute Gasteiger partial charge is 0.406 e. The van der Waals surface area contributed by atoms with E-state index in [4.69, 9.17) is 4.74 Å². The zero-order valence-electron chi connectivity index (χ0n) is 10.8. The first-order chi connectivity index (χ1) is 8.76. The first-order valence-electron chi connectivity index (χ1n) is 5.90. The van der Waals surface area contributed by atoms with Gasteiger partial charge in [-0.3, -0.25) is 0 Å². The minimum atomic E-state index is -4.69. The molecule has 19 heavy (non-hydrogen) atoms.